The number of nitro benzene ring substituents is 1. The summed E-state index contributed by atoms with van der Waals surface area (Å²) in [6.07, 6.45) is 1.96. The number of amides is 1. The monoisotopic (exact) mass is 532 g/mol. The molecule has 8 nitrogen and oxygen atoms in total. The van der Waals surface area contributed by atoms with Crippen LogP contribution in [0.2, 0.25) is 5.02 Å². The maximum absolute atomic E-state index is 13.1. The fraction of sp³-hybridized carbons (Fsp3) is 0.310. The van der Waals surface area contributed by atoms with E-state index in [9.17, 15) is 14.9 Å². The van der Waals surface area contributed by atoms with Gasteiger partial charge in [0.25, 0.3) is 11.6 Å². The van der Waals surface area contributed by atoms with E-state index in [-0.39, 0.29) is 11.3 Å². The Kier molecular flexibility index (Phi) is 7.08. The van der Waals surface area contributed by atoms with Gasteiger partial charge in [-0.05, 0) is 72.7 Å². The minimum atomic E-state index is -0.495. The predicted molar refractivity (Wildman–Crippen MR) is 150 cm³/mol. The Morgan fingerprint density at radius 1 is 1.13 bits per heavy atom. The predicted octanol–water partition coefficient (Wildman–Crippen LogP) is 7.67. The number of aromatic nitrogens is 1. The van der Waals surface area contributed by atoms with Crippen LogP contribution in [0.5, 0.6) is 0 Å². The Labute approximate surface area is 225 Å². The molecule has 0 saturated carbocycles. The van der Waals surface area contributed by atoms with E-state index in [2.05, 4.69) is 31.1 Å². The van der Waals surface area contributed by atoms with Crippen molar-refractivity contribution in [2.45, 2.75) is 39.5 Å². The molecule has 0 radical (unpaired) electrons. The van der Waals surface area contributed by atoms with E-state index in [1.165, 1.54) is 6.07 Å². The molecular weight excluding hydrogens is 504 g/mol. The van der Waals surface area contributed by atoms with Crippen molar-refractivity contribution in [3.8, 4) is 11.5 Å². The first-order valence-corrected chi connectivity index (χ1v) is 13.1. The highest BCUT2D eigenvalue weighted by molar-refractivity contribution is 6.34. The third-order valence-electron chi connectivity index (χ3n) is 7.10. The highest BCUT2D eigenvalue weighted by Gasteiger charge is 2.25. The lowest BCUT2D eigenvalue weighted by Crippen LogP contribution is -2.33. The maximum atomic E-state index is 13.1. The van der Waals surface area contributed by atoms with Crippen LogP contribution in [0.1, 0.15) is 55.5 Å². The molecule has 38 heavy (non-hydrogen) atoms. The molecule has 2 heterocycles. The number of rotatable bonds is 6. The summed E-state index contributed by atoms with van der Waals surface area (Å²) < 4.78 is 5.95. The molecule has 0 aliphatic carbocycles. The number of hydrogen-bond acceptors (Lipinski definition) is 6. The molecule has 4 aromatic rings. The van der Waals surface area contributed by atoms with E-state index in [0.717, 1.165) is 37.0 Å². The van der Waals surface area contributed by atoms with E-state index in [1.54, 1.807) is 30.3 Å². The molecule has 0 bridgehead atoms. The van der Waals surface area contributed by atoms with Crippen LogP contribution in [0.4, 0.5) is 17.1 Å². The molecule has 196 valence electrons. The van der Waals surface area contributed by atoms with Crippen LogP contribution in [-0.4, -0.2) is 28.9 Å². The first-order valence-electron chi connectivity index (χ1n) is 12.7. The molecule has 1 saturated heterocycles. The number of piperidine rings is 1. The van der Waals surface area contributed by atoms with Crippen molar-refractivity contribution in [1.82, 2.24) is 4.98 Å². The van der Waals surface area contributed by atoms with Crippen molar-refractivity contribution in [1.29, 1.82) is 0 Å². The zero-order valence-corrected chi connectivity index (χ0v) is 22.3. The quantitative estimate of drug-likeness (QED) is 0.202. The molecule has 5 rings (SSSR count). The van der Waals surface area contributed by atoms with Crippen LogP contribution in [0.3, 0.4) is 0 Å². The van der Waals surface area contributed by atoms with Gasteiger partial charge in [0.2, 0.25) is 5.89 Å². The van der Waals surface area contributed by atoms with Crippen molar-refractivity contribution in [2.24, 2.45) is 5.92 Å². The fourth-order valence-corrected chi connectivity index (χ4v) is 4.87. The van der Waals surface area contributed by atoms with Gasteiger partial charge in [-0.25, -0.2) is 4.98 Å². The highest BCUT2D eigenvalue weighted by Crippen LogP contribution is 2.34. The van der Waals surface area contributed by atoms with Gasteiger partial charge in [-0.3, -0.25) is 14.9 Å². The average molecular weight is 533 g/mol. The van der Waals surface area contributed by atoms with Gasteiger partial charge in [-0.1, -0.05) is 38.4 Å². The standard InChI is InChI=1S/C29H29ClN4O4/c1-17(2)19-6-9-27-24(14-19)32-29(38-27)21-4-7-22(30)23(15-21)31-28(35)20-5-8-25(26(16-20)34(36)37)33-12-10-18(3)11-13-33/h4-9,14-18H,10-13H2,1-3H3,(H,31,35). The van der Waals surface area contributed by atoms with E-state index in [4.69, 9.17) is 16.0 Å². The van der Waals surface area contributed by atoms with Crippen LogP contribution >= 0.6 is 11.6 Å². The third kappa shape index (κ3) is 5.22. The molecule has 1 aliphatic heterocycles. The molecule has 1 aliphatic rings. The minimum Gasteiger partial charge on any atom is -0.436 e. The Morgan fingerprint density at radius 2 is 1.89 bits per heavy atom. The van der Waals surface area contributed by atoms with E-state index in [0.29, 0.717) is 45.3 Å². The second-order valence-electron chi connectivity index (χ2n) is 10.2. The number of oxazole rings is 1. The number of anilines is 2. The fourth-order valence-electron chi connectivity index (χ4n) is 4.70. The molecule has 0 atom stereocenters. The van der Waals surface area contributed by atoms with E-state index >= 15 is 0 Å². The van der Waals surface area contributed by atoms with Crippen LogP contribution in [0.15, 0.2) is 59.0 Å². The highest BCUT2D eigenvalue weighted by atomic mass is 35.5. The molecule has 3 aromatic carbocycles. The Hall–Kier alpha value is -3.91. The van der Waals surface area contributed by atoms with Gasteiger partial charge >= 0.3 is 0 Å². The van der Waals surface area contributed by atoms with E-state index in [1.807, 2.05) is 23.1 Å². The first kappa shape index (κ1) is 25.7. The second kappa shape index (κ2) is 10.5. The second-order valence-corrected chi connectivity index (χ2v) is 10.6. The number of nitrogens with one attached hydrogen (secondary N) is 1. The summed E-state index contributed by atoms with van der Waals surface area (Å²) in [5, 5.41) is 15.0. The number of halogens is 1. The number of fused-ring (bicyclic) bond motifs is 1. The Balaban J connectivity index is 1.40. The first-order chi connectivity index (χ1) is 18.2. The number of hydrogen-bond donors (Lipinski definition) is 1. The summed E-state index contributed by atoms with van der Waals surface area (Å²) in [5.74, 6) is 0.877. The van der Waals surface area contributed by atoms with Gasteiger partial charge < -0.3 is 14.6 Å². The zero-order valence-electron chi connectivity index (χ0n) is 21.5. The van der Waals surface area contributed by atoms with Gasteiger partial charge in [-0.15, -0.1) is 0 Å². The van der Waals surface area contributed by atoms with Gasteiger partial charge in [-0.2, -0.15) is 0 Å². The largest absolute Gasteiger partial charge is 0.436 e. The van der Waals surface area contributed by atoms with Crippen molar-refractivity contribution < 1.29 is 14.1 Å². The van der Waals surface area contributed by atoms with E-state index < -0.39 is 10.8 Å². The summed E-state index contributed by atoms with van der Waals surface area (Å²) in [4.78, 5) is 31.2. The van der Waals surface area contributed by atoms with Gasteiger partial charge in [0, 0.05) is 30.3 Å². The third-order valence-corrected chi connectivity index (χ3v) is 7.43. The number of nitrogens with zero attached hydrogens (tertiary/aromatic N) is 3. The molecule has 0 spiro atoms. The lowest BCUT2D eigenvalue weighted by molar-refractivity contribution is -0.384. The van der Waals surface area contributed by atoms with Crippen LogP contribution in [-0.2, 0) is 0 Å². The molecule has 1 amide bonds. The summed E-state index contributed by atoms with van der Waals surface area (Å²) >= 11 is 6.39. The summed E-state index contributed by atoms with van der Waals surface area (Å²) in [6, 6.07) is 15.6. The van der Waals surface area contributed by atoms with Crippen molar-refractivity contribution in [2.75, 3.05) is 23.3 Å². The van der Waals surface area contributed by atoms with Gasteiger partial charge in [0.15, 0.2) is 5.58 Å². The Morgan fingerprint density at radius 3 is 2.61 bits per heavy atom. The number of benzene rings is 3. The van der Waals surface area contributed by atoms with Crippen LogP contribution in [0.25, 0.3) is 22.6 Å². The molecule has 1 aromatic heterocycles. The van der Waals surface area contributed by atoms with Gasteiger partial charge in [0.1, 0.15) is 11.2 Å². The van der Waals surface area contributed by atoms with Crippen molar-refractivity contribution >= 4 is 45.7 Å². The maximum Gasteiger partial charge on any atom is 0.293 e. The molecular formula is C29H29ClN4O4. The molecule has 1 N–H and O–H groups in total. The number of carbonyl (C=O) groups excluding carboxylic acids is 1. The lowest BCUT2D eigenvalue weighted by atomic mass is 9.98. The lowest BCUT2D eigenvalue weighted by Gasteiger charge is -2.31. The van der Waals surface area contributed by atoms with Gasteiger partial charge in [0.05, 0.1) is 15.6 Å². The van der Waals surface area contributed by atoms with Crippen molar-refractivity contribution in [3.05, 3.63) is 80.9 Å². The number of nitro groups is 1. The SMILES string of the molecule is CC1CCN(c2ccc(C(=O)Nc3cc(-c4nc5cc(C(C)C)ccc5o4)ccc3Cl)cc2[N+](=O)[O-])CC1. The number of carbonyl (C=O) groups is 1. The molecule has 1 fully saturated rings. The van der Waals surface area contributed by atoms with Crippen LogP contribution in [0, 0.1) is 16.0 Å². The molecule has 9 heteroatoms. The summed E-state index contributed by atoms with van der Waals surface area (Å²) in [5.41, 5.74) is 4.22. The van der Waals surface area contributed by atoms with Crippen molar-refractivity contribution in [3.63, 3.8) is 0 Å². The minimum absolute atomic E-state index is 0.0840. The smallest absolute Gasteiger partial charge is 0.293 e. The normalized spacial score (nSPS) is 14.3. The zero-order chi connectivity index (χ0) is 27.0. The van der Waals surface area contributed by atoms with Crippen LogP contribution < -0.4 is 10.2 Å². The summed E-state index contributed by atoms with van der Waals surface area (Å²) in [6.45, 7) is 7.93. The summed E-state index contributed by atoms with van der Waals surface area (Å²) in [7, 11) is 0. The average Bonchev–Trinajstić information content (AvgIpc) is 3.33. The Bertz CT molecular complexity index is 1520. The molecule has 0 unspecified atom stereocenters. The topological polar surface area (TPSA) is 102 Å².